The summed E-state index contributed by atoms with van der Waals surface area (Å²) in [6.07, 6.45) is 8.33. The van der Waals surface area contributed by atoms with Crippen LogP contribution in [0.4, 0.5) is 0 Å². The number of likely N-dealkylation sites (N-methyl/N-ethyl adjacent to an activating group) is 1. The Hall–Kier alpha value is -0.370. The van der Waals surface area contributed by atoms with E-state index in [0.717, 1.165) is 44.2 Å². The zero-order valence-corrected chi connectivity index (χ0v) is 14.0. The Balaban J connectivity index is 2.07. The molecule has 2 nitrogen and oxygen atoms in total. The molecule has 0 radical (unpaired) electrons. The lowest BCUT2D eigenvalue weighted by Crippen LogP contribution is -2.54. The van der Waals surface area contributed by atoms with Crippen molar-refractivity contribution >= 4 is 5.78 Å². The number of nitrogens with zero attached hydrogens (tertiary/aromatic N) is 1. The summed E-state index contributed by atoms with van der Waals surface area (Å²) in [7, 11) is 0. The van der Waals surface area contributed by atoms with Gasteiger partial charge in [-0.05, 0) is 62.9 Å². The molecule has 0 heterocycles. The summed E-state index contributed by atoms with van der Waals surface area (Å²) >= 11 is 0. The number of fused-ring (bicyclic) bond motifs is 2. The molecule has 3 unspecified atom stereocenters. The fourth-order valence-electron chi connectivity index (χ4n) is 5.15. The van der Waals surface area contributed by atoms with Crippen LogP contribution in [0.5, 0.6) is 0 Å². The number of ketones is 1. The molecular weight excluding hydrogens is 246 g/mol. The van der Waals surface area contributed by atoms with Crippen LogP contribution in [0.15, 0.2) is 0 Å². The lowest BCUT2D eigenvalue weighted by Gasteiger charge is -2.42. The predicted octanol–water partition coefficient (Wildman–Crippen LogP) is 4.28. The average molecular weight is 279 g/mol. The molecule has 0 amide bonds. The number of hydrogen-bond donors (Lipinski definition) is 0. The molecule has 2 saturated carbocycles. The van der Waals surface area contributed by atoms with E-state index in [4.69, 9.17) is 0 Å². The molecule has 0 saturated heterocycles. The van der Waals surface area contributed by atoms with Gasteiger partial charge in [0.15, 0.2) is 5.78 Å². The molecule has 2 heteroatoms. The van der Waals surface area contributed by atoms with Crippen molar-refractivity contribution in [2.24, 2.45) is 17.8 Å². The summed E-state index contributed by atoms with van der Waals surface area (Å²) in [5.74, 6) is 3.05. The monoisotopic (exact) mass is 279 g/mol. The second kappa shape index (κ2) is 6.60. The highest BCUT2D eigenvalue weighted by Gasteiger charge is 2.44. The Morgan fingerprint density at radius 3 is 2.10 bits per heavy atom. The Morgan fingerprint density at radius 1 is 1.05 bits per heavy atom. The van der Waals surface area contributed by atoms with Gasteiger partial charge >= 0.3 is 0 Å². The average Bonchev–Trinajstić information content (AvgIpc) is 3.07. The molecule has 0 spiro atoms. The van der Waals surface area contributed by atoms with Crippen LogP contribution in [0, 0.1) is 17.8 Å². The molecule has 2 bridgehead atoms. The van der Waals surface area contributed by atoms with Crippen LogP contribution in [0.3, 0.4) is 0 Å². The maximum atomic E-state index is 13.1. The first kappa shape index (κ1) is 16.0. The van der Waals surface area contributed by atoms with Crippen molar-refractivity contribution in [2.45, 2.75) is 78.2 Å². The van der Waals surface area contributed by atoms with Crippen molar-refractivity contribution < 1.29 is 4.79 Å². The molecule has 0 N–H and O–H groups in total. The van der Waals surface area contributed by atoms with Crippen molar-refractivity contribution in [1.82, 2.24) is 4.90 Å². The van der Waals surface area contributed by atoms with Crippen LogP contribution in [0.2, 0.25) is 0 Å². The maximum absolute atomic E-state index is 13.1. The Labute approximate surface area is 125 Å². The number of carbonyl (C=O) groups is 1. The Morgan fingerprint density at radius 2 is 1.70 bits per heavy atom. The van der Waals surface area contributed by atoms with Crippen molar-refractivity contribution in [3.05, 3.63) is 0 Å². The third-order valence-corrected chi connectivity index (χ3v) is 6.39. The third-order valence-electron chi connectivity index (χ3n) is 6.39. The number of carbonyl (C=O) groups excluding carboxylic acids is 1. The van der Waals surface area contributed by atoms with Gasteiger partial charge in [0.05, 0.1) is 5.54 Å². The third kappa shape index (κ3) is 2.68. The van der Waals surface area contributed by atoms with Gasteiger partial charge in [-0.15, -0.1) is 0 Å². The quantitative estimate of drug-likeness (QED) is 0.661. The van der Waals surface area contributed by atoms with E-state index in [1.54, 1.807) is 0 Å². The number of hydrogen-bond acceptors (Lipinski definition) is 2. The first-order valence-corrected chi connectivity index (χ1v) is 8.89. The second-order valence-corrected chi connectivity index (χ2v) is 6.97. The molecule has 0 aromatic rings. The zero-order chi connectivity index (χ0) is 14.8. The molecular formula is C18H33NO. The van der Waals surface area contributed by atoms with Gasteiger partial charge in [0.25, 0.3) is 0 Å². The van der Waals surface area contributed by atoms with Crippen molar-refractivity contribution in [2.75, 3.05) is 13.1 Å². The lowest BCUT2D eigenvalue weighted by atomic mass is 9.77. The summed E-state index contributed by atoms with van der Waals surface area (Å²) in [4.78, 5) is 15.5. The van der Waals surface area contributed by atoms with Crippen molar-refractivity contribution in [3.63, 3.8) is 0 Å². The van der Waals surface area contributed by atoms with E-state index in [0.29, 0.717) is 11.7 Å². The molecule has 2 aliphatic carbocycles. The van der Waals surface area contributed by atoms with E-state index in [1.165, 1.54) is 25.7 Å². The van der Waals surface area contributed by atoms with E-state index in [1.807, 2.05) is 0 Å². The fourth-order valence-corrected chi connectivity index (χ4v) is 5.15. The van der Waals surface area contributed by atoms with Crippen LogP contribution < -0.4 is 0 Å². The first-order valence-electron chi connectivity index (χ1n) is 8.89. The second-order valence-electron chi connectivity index (χ2n) is 6.97. The van der Waals surface area contributed by atoms with Gasteiger partial charge in [-0.2, -0.15) is 0 Å². The van der Waals surface area contributed by atoms with Gasteiger partial charge in [0, 0.05) is 6.42 Å². The van der Waals surface area contributed by atoms with Gasteiger partial charge in [0.2, 0.25) is 0 Å². The Kier molecular flexibility index (Phi) is 5.28. The highest BCUT2D eigenvalue weighted by Crippen LogP contribution is 2.50. The SMILES string of the molecule is CCN(CC)C(CC)(CC)C(=O)CC1CC2CCC1C2. The molecule has 20 heavy (non-hydrogen) atoms. The van der Waals surface area contributed by atoms with Crippen LogP contribution in [-0.2, 0) is 4.79 Å². The lowest BCUT2D eigenvalue weighted by molar-refractivity contribution is -0.133. The predicted molar refractivity (Wildman–Crippen MR) is 84.8 cm³/mol. The van der Waals surface area contributed by atoms with E-state index in [2.05, 4.69) is 32.6 Å². The molecule has 116 valence electrons. The minimum atomic E-state index is -0.189. The van der Waals surface area contributed by atoms with E-state index < -0.39 is 0 Å². The van der Waals surface area contributed by atoms with Gasteiger partial charge in [0.1, 0.15) is 0 Å². The molecule has 0 aliphatic heterocycles. The van der Waals surface area contributed by atoms with Gasteiger partial charge in [-0.1, -0.05) is 34.1 Å². The van der Waals surface area contributed by atoms with E-state index in [-0.39, 0.29) is 5.54 Å². The highest BCUT2D eigenvalue weighted by atomic mass is 16.1. The first-order chi connectivity index (χ1) is 9.61. The zero-order valence-electron chi connectivity index (χ0n) is 14.0. The van der Waals surface area contributed by atoms with Gasteiger partial charge in [-0.25, -0.2) is 0 Å². The van der Waals surface area contributed by atoms with Crippen LogP contribution in [0.1, 0.15) is 72.6 Å². The topological polar surface area (TPSA) is 20.3 Å². The summed E-state index contributed by atoms with van der Waals surface area (Å²) in [5, 5.41) is 0. The minimum absolute atomic E-state index is 0.189. The summed E-state index contributed by atoms with van der Waals surface area (Å²) in [6, 6.07) is 0. The highest BCUT2D eigenvalue weighted by molar-refractivity contribution is 5.88. The number of Topliss-reactive ketones (excluding diaryl/α,β-unsaturated/α-hetero) is 1. The van der Waals surface area contributed by atoms with E-state index >= 15 is 0 Å². The molecule has 0 aromatic heterocycles. The Bertz CT molecular complexity index is 330. The normalized spacial score (nSPS) is 29.4. The van der Waals surface area contributed by atoms with Gasteiger partial charge < -0.3 is 0 Å². The van der Waals surface area contributed by atoms with Crippen LogP contribution >= 0.6 is 0 Å². The van der Waals surface area contributed by atoms with Crippen molar-refractivity contribution in [3.8, 4) is 0 Å². The number of rotatable bonds is 8. The fraction of sp³-hybridized carbons (Fsp3) is 0.944. The van der Waals surface area contributed by atoms with Gasteiger partial charge in [-0.3, -0.25) is 9.69 Å². The molecule has 3 atom stereocenters. The summed E-state index contributed by atoms with van der Waals surface area (Å²) in [6.45, 7) is 10.7. The summed E-state index contributed by atoms with van der Waals surface area (Å²) in [5.41, 5.74) is -0.189. The van der Waals surface area contributed by atoms with Crippen LogP contribution in [-0.4, -0.2) is 29.3 Å². The van der Waals surface area contributed by atoms with Crippen LogP contribution in [0.25, 0.3) is 0 Å². The van der Waals surface area contributed by atoms with Crippen molar-refractivity contribution in [1.29, 1.82) is 0 Å². The molecule has 2 aliphatic rings. The van der Waals surface area contributed by atoms with E-state index in [9.17, 15) is 4.79 Å². The molecule has 0 aromatic carbocycles. The summed E-state index contributed by atoms with van der Waals surface area (Å²) < 4.78 is 0. The minimum Gasteiger partial charge on any atom is -0.298 e. The standard InChI is InChI=1S/C18H33NO/c1-5-18(6-2,19(7-3)8-4)17(20)13-16-12-14-9-10-15(16)11-14/h14-16H,5-13H2,1-4H3. The molecule has 2 rings (SSSR count). The smallest absolute Gasteiger partial charge is 0.153 e. The largest absolute Gasteiger partial charge is 0.298 e. The maximum Gasteiger partial charge on any atom is 0.153 e. The molecule has 2 fully saturated rings.